The standard InChI is InChI=1S/C16H26N4/c1-12(16(2,3)4)19(5)15-13(9-10-17)20-11-7-6-8-14(20)18-15/h6-8,11-12H,9-10,17H2,1-5H3. The maximum absolute atomic E-state index is 5.78. The average Bonchev–Trinajstić information content (AvgIpc) is 2.76. The Bertz CT molecular complexity index is 580. The van der Waals surface area contributed by atoms with E-state index in [2.05, 4.69) is 50.2 Å². The number of nitrogens with two attached hydrogens (primary N) is 1. The summed E-state index contributed by atoms with van der Waals surface area (Å²) in [7, 11) is 2.12. The molecule has 2 N–H and O–H groups in total. The van der Waals surface area contributed by atoms with E-state index in [0.29, 0.717) is 12.6 Å². The van der Waals surface area contributed by atoms with Crippen molar-refractivity contribution in [2.24, 2.45) is 11.1 Å². The number of fused-ring (bicyclic) bond motifs is 1. The summed E-state index contributed by atoms with van der Waals surface area (Å²) in [6.07, 6.45) is 2.90. The molecule has 0 saturated heterocycles. The van der Waals surface area contributed by atoms with Crippen LogP contribution in [0.1, 0.15) is 33.4 Å². The van der Waals surface area contributed by atoms with Crippen LogP contribution in [0.5, 0.6) is 0 Å². The average molecular weight is 274 g/mol. The van der Waals surface area contributed by atoms with Crippen LogP contribution in [-0.2, 0) is 6.42 Å². The summed E-state index contributed by atoms with van der Waals surface area (Å²) >= 11 is 0. The van der Waals surface area contributed by atoms with Crippen LogP contribution in [0.25, 0.3) is 5.65 Å². The van der Waals surface area contributed by atoms with Crippen molar-refractivity contribution in [2.45, 2.75) is 40.2 Å². The highest BCUT2D eigenvalue weighted by molar-refractivity contribution is 5.56. The maximum atomic E-state index is 5.78. The van der Waals surface area contributed by atoms with Crippen molar-refractivity contribution < 1.29 is 0 Å². The smallest absolute Gasteiger partial charge is 0.151 e. The monoisotopic (exact) mass is 274 g/mol. The van der Waals surface area contributed by atoms with Crippen LogP contribution in [0.2, 0.25) is 0 Å². The molecule has 0 saturated carbocycles. The number of pyridine rings is 1. The molecule has 0 fully saturated rings. The minimum atomic E-state index is 0.199. The normalized spacial score (nSPS) is 13.7. The van der Waals surface area contributed by atoms with Gasteiger partial charge in [-0.3, -0.25) is 0 Å². The van der Waals surface area contributed by atoms with E-state index in [1.165, 1.54) is 5.69 Å². The fourth-order valence-electron chi connectivity index (χ4n) is 2.45. The van der Waals surface area contributed by atoms with Crippen LogP contribution >= 0.6 is 0 Å². The number of hydrogen-bond donors (Lipinski definition) is 1. The SMILES string of the molecule is CC(N(C)c1nc2ccccn2c1CCN)C(C)(C)C. The first kappa shape index (κ1) is 14.9. The molecule has 0 spiro atoms. The number of nitrogens with zero attached hydrogens (tertiary/aromatic N) is 3. The Balaban J connectivity index is 2.50. The zero-order valence-corrected chi connectivity index (χ0v) is 13.2. The van der Waals surface area contributed by atoms with Crippen LogP contribution in [0.3, 0.4) is 0 Å². The molecule has 0 amide bonds. The highest BCUT2D eigenvalue weighted by Gasteiger charge is 2.27. The van der Waals surface area contributed by atoms with Crippen molar-refractivity contribution >= 4 is 11.5 Å². The van der Waals surface area contributed by atoms with Gasteiger partial charge in [-0.05, 0) is 31.0 Å². The summed E-state index contributed by atoms with van der Waals surface area (Å²) in [5.41, 5.74) is 8.16. The van der Waals surface area contributed by atoms with Gasteiger partial charge in [-0.15, -0.1) is 0 Å². The van der Waals surface area contributed by atoms with Crippen molar-refractivity contribution in [3.8, 4) is 0 Å². The number of rotatable bonds is 4. The molecule has 2 heterocycles. The molecule has 110 valence electrons. The van der Waals surface area contributed by atoms with Gasteiger partial charge in [0.05, 0.1) is 5.69 Å². The number of aromatic nitrogens is 2. The van der Waals surface area contributed by atoms with Crippen molar-refractivity contribution in [3.63, 3.8) is 0 Å². The third-order valence-electron chi connectivity index (χ3n) is 4.16. The predicted octanol–water partition coefficient (Wildman–Crippen LogP) is 2.71. The first-order valence-corrected chi connectivity index (χ1v) is 7.25. The maximum Gasteiger partial charge on any atom is 0.151 e. The van der Waals surface area contributed by atoms with Crippen LogP contribution in [0.4, 0.5) is 5.82 Å². The third-order valence-corrected chi connectivity index (χ3v) is 4.16. The molecule has 1 atom stereocenters. The summed E-state index contributed by atoms with van der Waals surface area (Å²) in [5.74, 6) is 1.05. The van der Waals surface area contributed by atoms with E-state index in [4.69, 9.17) is 10.7 Å². The molecule has 4 heteroatoms. The Morgan fingerprint density at radius 2 is 2.05 bits per heavy atom. The van der Waals surface area contributed by atoms with Gasteiger partial charge in [0, 0.05) is 25.7 Å². The van der Waals surface area contributed by atoms with E-state index in [9.17, 15) is 0 Å². The number of hydrogen-bond acceptors (Lipinski definition) is 3. The first-order valence-electron chi connectivity index (χ1n) is 7.25. The molecule has 2 aromatic heterocycles. The first-order chi connectivity index (χ1) is 9.36. The fourth-order valence-corrected chi connectivity index (χ4v) is 2.45. The summed E-state index contributed by atoms with van der Waals surface area (Å²) < 4.78 is 2.15. The Morgan fingerprint density at radius 3 is 2.65 bits per heavy atom. The Kier molecular flexibility index (Phi) is 4.04. The molecule has 1 unspecified atom stereocenters. The van der Waals surface area contributed by atoms with Gasteiger partial charge in [0.15, 0.2) is 5.82 Å². The van der Waals surface area contributed by atoms with Gasteiger partial charge in [0.1, 0.15) is 5.65 Å². The molecule has 0 aliphatic carbocycles. The molecule has 0 radical (unpaired) electrons. The van der Waals surface area contributed by atoms with E-state index in [0.717, 1.165) is 17.9 Å². The van der Waals surface area contributed by atoms with E-state index in [-0.39, 0.29) is 5.41 Å². The molecule has 2 aromatic rings. The van der Waals surface area contributed by atoms with Crippen molar-refractivity contribution in [2.75, 3.05) is 18.5 Å². The molecule has 20 heavy (non-hydrogen) atoms. The summed E-state index contributed by atoms with van der Waals surface area (Å²) in [5, 5.41) is 0. The van der Waals surface area contributed by atoms with E-state index in [1.807, 2.05) is 18.2 Å². The van der Waals surface area contributed by atoms with Crippen LogP contribution in [0.15, 0.2) is 24.4 Å². The second-order valence-corrected chi connectivity index (χ2v) is 6.50. The zero-order chi connectivity index (χ0) is 14.9. The van der Waals surface area contributed by atoms with Gasteiger partial charge in [-0.2, -0.15) is 0 Å². The molecule has 4 nitrogen and oxygen atoms in total. The van der Waals surface area contributed by atoms with Crippen LogP contribution in [0, 0.1) is 5.41 Å². The molecular weight excluding hydrogens is 248 g/mol. The van der Waals surface area contributed by atoms with Gasteiger partial charge >= 0.3 is 0 Å². The second kappa shape index (κ2) is 5.44. The Hall–Kier alpha value is -1.55. The predicted molar refractivity (Wildman–Crippen MR) is 85.3 cm³/mol. The molecule has 0 aliphatic heterocycles. The van der Waals surface area contributed by atoms with Crippen molar-refractivity contribution in [3.05, 3.63) is 30.1 Å². The van der Waals surface area contributed by atoms with Crippen molar-refractivity contribution in [1.82, 2.24) is 9.38 Å². The number of imidazole rings is 1. The van der Waals surface area contributed by atoms with Gasteiger partial charge in [0.2, 0.25) is 0 Å². The molecule has 2 rings (SSSR count). The zero-order valence-electron chi connectivity index (χ0n) is 13.2. The number of anilines is 1. The van der Waals surface area contributed by atoms with Gasteiger partial charge in [0.25, 0.3) is 0 Å². The van der Waals surface area contributed by atoms with Crippen molar-refractivity contribution in [1.29, 1.82) is 0 Å². The minimum Gasteiger partial charge on any atom is -0.355 e. The molecule has 0 aliphatic rings. The van der Waals surface area contributed by atoms with Gasteiger partial charge < -0.3 is 15.0 Å². The Labute approximate surface area is 121 Å². The molecule has 0 bridgehead atoms. The third kappa shape index (κ3) is 2.66. The van der Waals surface area contributed by atoms with Crippen LogP contribution in [-0.4, -0.2) is 29.0 Å². The summed E-state index contributed by atoms with van der Waals surface area (Å²) in [6.45, 7) is 9.65. The lowest BCUT2D eigenvalue weighted by atomic mass is 9.87. The van der Waals surface area contributed by atoms with E-state index < -0.39 is 0 Å². The summed E-state index contributed by atoms with van der Waals surface area (Å²) in [4.78, 5) is 7.07. The lowest BCUT2D eigenvalue weighted by Crippen LogP contribution is -2.40. The minimum absolute atomic E-state index is 0.199. The van der Waals surface area contributed by atoms with E-state index >= 15 is 0 Å². The second-order valence-electron chi connectivity index (χ2n) is 6.50. The van der Waals surface area contributed by atoms with E-state index in [1.54, 1.807) is 0 Å². The largest absolute Gasteiger partial charge is 0.355 e. The lowest BCUT2D eigenvalue weighted by molar-refractivity contribution is 0.328. The highest BCUT2D eigenvalue weighted by Crippen LogP contribution is 2.29. The molecular formula is C16H26N4. The fraction of sp³-hybridized carbons (Fsp3) is 0.562. The van der Waals surface area contributed by atoms with Gasteiger partial charge in [-0.25, -0.2) is 4.98 Å². The lowest BCUT2D eigenvalue weighted by Gasteiger charge is -2.36. The van der Waals surface area contributed by atoms with Crippen LogP contribution < -0.4 is 10.6 Å². The summed E-state index contributed by atoms with van der Waals surface area (Å²) in [6, 6.07) is 6.49. The molecule has 0 aromatic carbocycles. The van der Waals surface area contributed by atoms with Gasteiger partial charge in [-0.1, -0.05) is 26.8 Å². The Morgan fingerprint density at radius 1 is 1.35 bits per heavy atom. The quantitative estimate of drug-likeness (QED) is 0.932. The highest BCUT2D eigenvalue weighted by atomic mass is 15.2. The topological polar surface area (TPSA) is 46.6 Å².